The van der Waals surface area contributed by atoms with Crippen molar-refractivity contribution in [1.29, 1.82) is 0 Å². The van der Waals surface area contributed by atoms with Gasteiger partial charge in [0.05, 0.1) is 12.2 Å². The zero-order valence-electron chi connectivity index (χ0n) is 25.3. The van der Waals surface area contributed by atoms with Gasteiger partial charge in [-0.3, -0.25) is 9.59 Å². The standard InChI is InChI=1S/C32H46O10/c1-15(2)31-24(38-19(6)34)18(5)32-21-25-28(14-33,39-25)27(36)30(37)22(32)20(17(4)23(30)35)16(3)12-10-8-7-9-11-13-29(41-31,42-32)40-26(21)31/h16-18,20-22,24-27,33,36-37H,1,7-14H2,2-6H3. The van der Waals surface area contributed by atoms with E-state index in [0.717, 1.165) is 38.5 Å². The highest BCUT2D eigenvalue weighted by atomic mass is 16.9. The Morgan fingerprint density at radius 2 is 1.74 bits per heavy atom. The molecule has 15 atom stereocenters. The molecule has 15 unspecified atom stereocenters. The maximum Gasteiger partial charge on any atom is 0.303 e. The first-order valence-corrected chi connectivity index (χ1v) is 15.9. The summed E-state index contributed by atoms with van der Waals surface area (Å²) in [6.07, 6.45) is 1.87. The van der Waals surface area contributed by atoms with Gasteiger partial charge in [-0.05, 0) is 30.8 Å². The lowest BCUT2D eigenvalue weighted by molar-refractivity contribution is -0.437. The molecule has 3 aliphatic carbocycles. The second kappa shape index (κ2) is 9.08. The fourth-order valence-electron chi connectivity index (χ4n) is 10.8. The van der Waals surface area contributed by atoms with E-state index in [2.05, 4.69) is 13.5 Å². The molecule has 234 valence electrons. The highest BCUT2D eigenvalue weighted by Crippen LogP contribution is 2.75. The van der Waals surface area contributed by atoms with Crippen LogP contribution in [-0.2, 0) is 33.3 Å². The van der Waals surface area contributed by atoms with Gasteiger partial charge in [0.2, 0.25) is 0 Å². The van der Waals surface area contributed by atoms with Crippen LogP contribution in [0.25, 0.3) is 0 Å². The van der Waals surface area contributed by atoms with E-state index < -0.39 is 94.8 Å². The van der Waals surface area contributed by atoms with E-state index in [0.29, 0.717) is 12.0 Å². The van der Waals surface area contributed by atoms with Gasteiger partial charge in [-0.15, -0.1) is 0 Å². The minimum atomic E-state index is -2.28. The number of carbonyl (C=O) groups excluding carboxylic acids is 2. The van der Waals surface area contributed by atoms with Crippen molar-refractivity contribution in [2.75, 3.05) is 6.61 Å². The molecule has 42 heavy (non-hydrogen) atoms. The number of hydrogen-bond acceptors (Lipinski definition) is 10. The predicted octanol–water partition coefficient (Wildman–Crippen LogP) is 2.40. The number of ketones is 1. The molecule has 10 heteroatoms. The summed E-state index contributed by atoms with van der Waals surface area (Å²) in [6.45, 7) is 12.8. The number of ether oxygens (including phenoxy) is 5. The van der Waals surface area contributed by atoms with Crippen molar-refractivity contribution in [3.8, 4) is 0 Å². The zero-order chi connectivity index (χ0) is 30.2. The molecule has 3 N–H and O–H groups in total. The van der Waals surface area contributed by atoms with Crippen LogP contribution in [0.5, 0.6) is 0 Å². The Kier molecular flexibility index (Phi) is 6.34. The molecular formula is C32H46O10. The summed E-state index contributed by atoms with van der Waals surface area (Å²) in [7, 11) is 0. The third kappa shape index (κ3) is 3.20. The highest BCUT2D eigenvalue weighted by molar-refractivity contribution is 5.93. The molecule has 10 nitrogen and oxygen atoms in total. The van der Waals surface area contributed by atoms with Gasteiger partial charge < -0.3 is 39.0 Å². The molecule has 3 bridgehead atoms. The van der Waals surface area contributed by atoms with Crippen molar-refractivity contribution in [3.63, 3.8) is 0 Å². The molecule has 0 aromatic rings. The Morgan fingerprint density at radius 3 is 2.40 bits per heavy atom. The van der Waals surface area contributed by atoms with Crippen molar-refractivity contribution in [3.05, 3.63) is 12.2 Å². The fourth-order valence-corrected chi connectivity index (χ4v) is 10.8. The summed E-state index contributed by atoms with van der Waals surface area (Å²) in [4.78, 5) is 27.0. The van der Waals surface area contributed by atoms with E-state index in [1.165, 1.54) is 6.92 Å². The Labute approximate surface area is 247 Å². The Morgan fingerprint density at radius 1 is 1.05 bits per heavy atom. The van der Waals surface area contributed by atoms with E-state index in [9.17, 15) is 24.9 Å². The number of hydrogen-bond donors (Lipinski definition) is 3. The van der Waals surface area contributed by atoms with Crippen molar-refractivity contribution in [1.82, 2.24) is 0 Å². The summed E-state index contributed by atoms with van der Waals surface area (Å²) in [5.41, 5.74) is -5.92. The van der Waals surface area contributed by atoms with Crippen LogP contribution in [0.2, 0.25) is 0 Å². The minimum Gasteiger partial charge on any atom is -0.459 e. The molecule has 7 aliphatic rings. The van der Waals surface area contributed by atoms with Crippen LogP contribution in [0.4, 0.5) is 0 Å². The average molecular weight is 591 g/mol. The fraction of sp³-hybridized carbons (Fsp3) is 0.875. The van der Waals surface area contributed by atoms with Gasteiger partial charge in [0.25, 0.3) is 5.97 Å². The number of Topliss-reactive ketones (excluding diaryl/α,β-unsaturated/α-hetero) is 1. The van der Waals surface area contributed by atoms with Crippen LogP contribution in [0.15, 0.2) is 12.2 Å². The van der Waals surface area contributed by atoms with E-state index in [4.69, 9.17) is 23.7 Å². The lowest BCUT2D eigenvalue weighted by Gasteiger charge is -2.62. The van der Waals surface area contributed by atoms with Gasteiger partial charge >= 0.3 is 5.97 Å². The Balaban J connectivity index is 1.55. The summed E-state index contributed by atoms with van der Waals surface area (Å²) < 4.78 is 33.4. The van der Waals surface area contributed by atoms with Gasteiger partial charge in [0, 0.05) is 37.0 Å². The Bertz CT molecular complexity index is 1210. The van der Waals surface area contributed by atoms with E-state index in [1.807, 2.05) is 20.8 Å². The largest absolute Gasteiger partial charge is 0.459 e. The summed E-state index contributed by atoms with van der Waals surface area (Å²) >= 11 is 0. The number of rotatable bonds is 3. The third-order valence-corrected chi connectivity index (χ3v) is 12.5. The van der Waals surface area contributed by atoms with Gasteiger partial charge in [-0.1, -0.05) is 59.5 Å². The third-order valence-electron chi connectivity index (χ3n) is 12.5. The van der Waals surface area contributed by atoms with Crippen LogP contribution < -0.4 is 0 Å². The van der Waals surface area contributed by atoms with Crippen molar-refractivity contribution in [2.45, 2.75) is 132 Å². The molecule has 4 aliphatic heterocycles. The van der Waals surface area contributed by atoms with Crippen molar-refractivity contribution < 1.29 is 48.6 Å². The van der Waals surface area contributed by atoms with Crippen LogP contribution in [0.1, 0.15) is 79.6 Å². The number of esters is 1. The summed E-state index contributed by atoms with van der Waals surface area (Å²) in [5, 5.41) is 35.6. The number of aliphatic hydroxyl groups excluding tert-OH is 2. The second-order valence-corrected chi connectivity index (χ2v) is 14.6. The van der Waals surface area contributed by atoms with Gasteiger partial charge in [0.1, 0.15) is 30.0 Å². The number of fused-ring (bicyclic) bond motifs is 1. The monoisotopic (exact) mass is 590 g/mol. The molecule has 2 spiro atoms. The predicted molar refractivity (Wildman–Crippen MR) is 147 cm³/mol. The van der Waals surface area contributed by atoms with E-state index >= 15 is 0 Å². The molecule has 7 rings (SSSR count). The highest BCUT2D eigenvalue weighted by Gasteiger charge is 2.91. The molecule has 7 fully saturated rings. The second-order valence-electron chi connectivity index (χ2n) is 14.6. The van der Waals surface area contributed by atoms with Crippen LogP contribution in [0.3, 0.4) is 0 Å². The van der Waals surface area contributed by atoms with Crippen molar-refractivity contribution >= 4 is 11.8 Å². The molecule has 4 saturated heterocycles. The smallest absolute Gasteiger partial charge is 0.303 e. The van der Waals surface area contributed by atoms with Crippen LogP contribution in [-0.4, -0.2) is 86.5 Å². The topological polar surface area (TPSA) is 144 Å². The number of aliphatic hydroxyl groups is 3. The van der Waals surface area contributed by atoms with E-state index in [1.54, 1.807) is 0 Å². The number of carbonyl (C=O) groups is 2. The zero-order valence-corrected chi connectivity index (χ0v) is 25.3. The first-order chi connectivity index (χ1) is 19.8. The normalized spacial score (nSPS) is 57.8. The first kappa shape index (κ1) is 29.3. The molecule has 0 radical (unpaired) electrons. The molecule has 0 amide bonds. The number of epoxide rings is 1. The summed E-state index contributed by atoms with van der Waals surface area (Å²) in [5.74, 6) is -5.62. The maximum absolute atomic E-state index is 14.3. The van der Waals surface area contributed by atoms with Gasteiger partial charge in [-0.2, -0.15) is 0 Å². The van der Waals surface area contributed by atoms with Crippen LogP contribution in [0, 0.1) is 35.5 Å². The minimum absolute atomic E-state index is 0.0135. The first-order valence-electron chi connectivity index (χ1n) is 15.9. The van der Waals surface area contributed by atoms with Gasteiger partial charge in [0.15, 0.2) is 17.0 Å². The van der Waals surface area contributed by atoms with Gasteiger partial charge in [-0.25, -0.2) is 0 Å². The lowest BCUT2D eigenvalue weighted by atomic mass is 9.50. The molecule has 0 aromatic heterocycles. The lowest BCUT2D eigenvalue weighted by Crippen LogP contribution is -2.77. The SMILES string of the molecule is C=C(C)C12OC34CCCCCCCC(C)C5C(C)C(=O)C6(O)C(O)C7(CO)OC7C(C1O3)C(O4)(C(C)C2OC(C)=O)C56. The molecule has 0 aromatic carbocycles. The van der Waals surface area contributed by atoms with Crippen LogP contribution >= 0.6 is 0 Å². The quantitative estimate of drug-likeness (QED) is 0.255. The molecule has 3 saturated carbocycles. The van der Waals surface area contributed by atoms with E-state index in [-0.39, 0.29) is 11.8 Å². The maximum atomic E-state index is 14.3. The molecular weight excluding hydrogens is 544 g/mol. The average Bonchev–Trinajstić information content (AvgIpc) is 3.57. The van der Waals surface area contributed by atoms with Crippen molar-refractivity contribution in [2.24, 2.45) is 35.5 Å². The molecule has 4 heterocycles. The summed E-state index contributed by atoms with van der Waals surface area (Å²) in [6, 6.07) is 0. The Hall–Kier alpha value is -1.40.